The Kier molecular flexibility index (Phi) is 13.4. The van der Waals surface area contributed by atoms with Gasteiger partial charge in [0.15, 0.2) is 0 Å². The highest BCUT2D eigenvalue weighted by Gasteiger charge is 2.06. The number of hydrogen-bond acceptors (Lipinski definition) is 6. The van der Waals surface area contributed by atoms with Gasteiger partial charge in [-0.3, -0.25) is 4.79 Å². The fraction of sp³-hybridized carbons (Fsp3) is 0.933. The van der Waals surface area contributed by atoms with Crippen LogP contribution in [0.4, 0.5) is 0 Å². The molecule has 132 valence electrons. The highest BCUT2D eigenvalue weighted by atomic mass is 16.5. The average Bonchev–Trinajstić information content (AvgIpc) is 2.43. The molecule has 0 aliphatic heterocycles. The highest BCUT2D eigenvalue weighted by molar-refractivity contribution is 5.77. The molecule has 0 aromatic rings. The molecule has 0 aromatic heterocycles. The zero-order chi connectivity index (χ0) is 16.7. The fourth-order valence-electron chi connectivity index (χ4n) is 1.48. The Balaban J connectivity index is 3.10. The van der Waals surface area contributed by atoms with E-state index in [1.54, 1.807) is 0 Å². The maximum Gasteiger partial charge on any atom is 0.246 e. The first-order valence-corrected chi connectivity index (χ1v) is 7.69. The summed E-state index contributed by atoms with van der Waals surface area (Å²) >= 11 is 0. The standard InChI is InChI=1S/C15H32N2O5/c1-15(2,3)17-6-8-21-10-12-22-11-9-20-7-5-16-14(18)13-19-4/h17H,5-13H2,1-4H3,(H,16,18). The van der Waals surface area contributed by atoms with Crippen molar-refractivity contribution >= 4 is 5.91 Å². The molecule has 1 amide bonds. The third kappa shape index (κ3) is 17.3. The summed E-state index contributed by atoms with van der Waals surface area (Å²) in [5.74, 6) is -0.138. The predicted octanol–water partition coefficient (Wildman–Crippen LogP) is 0.187. The van der Waals surface area contributed by atoms with Gasteiger partial charge in [-0.25, -0.2) is 0 Å². The topological polar surface area (TPSA) is 78.1 Å². The summed E-state index contributed by atoms with van der Waals surface area (Å²) in [5.41, 5.74) is 0.125. The summed E-state index contributed by atoms with van der Waals surface area (Å²) in [7, 11) is 1.48. The quantitative estimate of drug-likeness (QED) is 0.445. The van der Waals surface area contributed by atoms with E-state index in [-0.39, 0.29) is 18.1 Å². The number of hydrogen-bond donors (Lipinski definition) is 2. The van der Waals surface area contributed by atoms with Crippen LogP contribution in [0.1, 0.15) is 20.8 Å². The molecule has 0 heterocycles. The van der Waals surface area contributed by atoms with Gasteiger partial charge < -0.3 is 29.6 Å². The van der Waals surface area contributed by atoms with Crippen LogP contribution in [0.3, 0.4) is 0 Å². The van der Waals surface area contributed by atoms with Gasteiger partial charge in [-0.2, -0.15) is 0 Å². The van der Waals surface area contributed by atoms with E-state index >= 15 is 0 Å². The number of amides is 1. The molecule has 0 saturated carbocycles. The molecule has 0 aromatic carbocycles. The van der Waals surface area contributed by atoms with E-state index in [2.05, 4.69) is 36.1 Å². The number of nitrogens with one attached hydrogen (secondary N) is 2. The van der Waals surface area contributed by atoms with Crippen molar-refractivity contribution < 1.29 is 23.7 Å². The average molecular weight is 320 g/mol. The van der Waals surface area contributed by atoms with Crippen LogP contribution in [-0.2, 0) is 23.7 Å². The summed E-state index contributed by atoms with van der Waals surface area (Å²) < 4.78 is 20.8. The maximum absolute atomic E-state index is 11.0. The highest BCUT2D eigenvalue weighted by Crippen LogP contribution is 1.96. The van der Waals surface area contributed by atoms with Gasteiger partial charge in [-0.1, -0.05) is 0 Å². The minimum atomic E-state index is -0.138. The van der Waals surface area contributed by atoms with Gasteiger partial charge in [0.25, 0.3) is 0 Å². The summed E-state index contributed by atoms with van der Waals surface area (Å²) in [6, 6.07) is 0. The smallest absolute Gasteiger partial charge is 0.246 e. The third-order valence-corrected chi connectivity index (χ3v) is 2.49. The summed E-state index contributed by atoms with van der Waals surface area (Å²) in [6.45, 7) is 11.1. The largest absolute Gasteiger partial charge is 0.378 e. The molecule has 0 aliphatic rings. The normalized spacial score (nSPS) is 11.6. The molecule has 2 N–H and O–H groups in total. The molecule has 7 heteroatoms. The van der Waals surface area contributed by atoms with E-state index in [0.717, 1.165) is 6.54 Å². The van der Waals surface area contributed by atoms with Crippen molar-refractivity contribution in [1.29, 1.82) is 0 Å². The number of carbonyl (C=O) groups excluding carboxylic acids is 1. The van der Waals surface area contributed by atoms with E-state index in [9.17, 15) is 4.79 Å². The number of methoxy groups -OCH3 is 1. The van der Waals surface area contributed by atoms with Gasteiger partial charge in [0.2, 0.25) is 5.91 Å². The van der Waals surface area contributed by atoms with E-state index < -0.39 is 0 Å². The maximum atomic E-state index is 11.0. The van der Waals surface area contributed by atoms with E-state index in [4.69, 9.17) is 14.2 Å². The van der Waals surface area contributed by atoms with Gasteiger partial charge in [0, 0.05) is 25.7 Å². The van der Waals surface area contributed by atoms with E-state index in [1.165, 1.54) is 7.11 Å². The molecule has 0 aliphatic carbocycles. The van der Waals surface area contributed by atoms with Crippen LogP contribution in [0.2, 0.25) is 0 Å². The molecule has 0 saturated heterocycles. The lowest BCUT2D eigenvalue weighted by molar-refractivity contribution is -0.125. The SMILES string of the molecule is COCC(=O)NCCOCCOCCOCCNC(C)(C)C. The minimum Gasteiger partial charge on any atom is -0.378 e. The van der Waals surface area contributed by atoms with Crippen molar-refractivity contribution in [3.05, 3.63) is 0 Å². The second-order valence-corrected chi connectivity index (χ2v) is 5.80. The second-order valence-electron chi connectivity index (χ2n) is 5.80. The van der Waals surface area contributed by atoms with Crippen molar-refractivity contribution in [2.75, 3.05) is 66.4 Å². The minimum absolute atomic E-state index is 0.0778. The molecule has 0 unspecified atom stereocenters. The molecule has 7 nitrogen and oxygen atoms in total. The van der Waals surface area contributed by atoms with Crippen molar-refractivity contribution in [3.8, 4) is 0 Å². The lowest BCUT2D eigenvalue weighted by atomic mass is 10.1. The van der Waals surface area contributed by atoms with Crippen molar-refractivity contribution in [3.63, 3.8) is 0 Å². The number of rotatable bonds is 14. The van der Waals surface area contributed by atoms with Crippen molar-refractivity contribution in [1.82, 2.24) is 10.6 Å². The first-order valence-electron chi connectivity index (χ1n) is 7.69. The molecule has 0 radical (unpaired) electrons. The van der Waals surface area contributed by atoms with Crippen LogP contribution in [0.25, 0.3) is 0 Å². The van der Waals surface area contributed by atoms with E-state index in [0.29, 0.717) is 46.2 Å². The Labute approximate surface area is 134 Å². The molecule has 0 atom stereocenters. The van der Waals surface area contributed by atoms with Crippen LogP contribution in [-0.4, -0.2) is 77.9 Å². The van der Waals surface area contributed by atoms with Crippen molar-refractivity contribution in [2.45, 2.75) is 26.3 Å². The van der Waals surface area contributed by atoms with Crippen LogP contribution in [0, 0.1) is 0 Å². The van der Waals surface area contributed by atoms with Crippen LogP contribution < -0.4 is 10.6 Å². The fourth-order valence-corrected chi connectivity index (χ4v) is 1.48. The molecular formula is C15H32N2O5. The van der Waals surface area contributed by atoms with Gasteiger partial charge in [0.1, 0.15) is 6.61 Å². The lowest BCUT2D eigenvalue weighted by Gasteiger charge is -2.20. The first-order chi connectivity index (χ1) is 10.5. The lowest BCUT2D eigenvalue weighted by Crippen LogP contribution is -2.38. The predicted molar refractivity (Wildman–Crippen MR) is 85.1 cm³/mol. The molecule has 0 bridgehead atoms. The summed E-state index contributed by atoms with van der Waals surface area (Å²) in [5, 5.41) is 6.01. The number of ether oxygens (including phenoxy) is 4. The summed E-state index contributed by atoms with van der Waals surface area (Å²) in [6.07, 6.45) is 0. The Hall–Kier alpha value is -0.730. The number of carbonyl (C=O) groups is 1. The molecular weight excluding hydrogens is 288 g/mol. The van der Waals surface area contributed by atoms with Crippen LogP contribution in [0.15, 0.2) is 0 Å². The molecule has 22 heavy (non-hydrogen) atoms. The van der Waals surface area contributed by atoms with Gasteiger partial charge in [0.05, 0.1) is 39.6 Å². The zero-order valence-corrected chi connectivity index (χ0v) is 14.4. The molecule has 0 spiro atoms. The van der Waals surface area contributed by atoms with Gasteiger partial charge in [-0.15, -0.1) is 0 Å². The van der Waals surface area contributed by atoms with Crippen molar-refractivity contribution in [2.24, 2.45) is 0 Å². The van der Waals surface area contributed by atoms with E-state index in [1.807, 2.05) is 0 Å². The van der Waals surface area contributed by atoms with Gasteiger partial charge >= 0.3 is 0 Å². The van der Waals surface area contributed by atoms with Crippen LogP contribution in [0.5, 0.6) is 0 Å². The Morgan fingerprint density at radius 2 is 1.36 bits per heavy atom. The molecule has 0 fully saturated rings. The van der Waals surface area contributed by atoms with Gasteiger partial charge in [-0.05, 0) is 20.8 Å². The third-order valence-electron chi connectivity index (χ3n) is 2.49. The monoisotopic (exact) mass is 320 g/mol. The molecule has 0 rings (SSSR count). The second kappa shape index (κ2) is 13.9. The Morgan fingerprint density at radius 1 is 0.864 bits per heavy atom. The zero-order valence-electron chi connectivity index (χ0n) is 14.4. The Morgan fingerprint density at radius 3 is 1.86 bits per heavy atom. The Bertz CT molecular complexity index is 269. The first kappa shape index (κ1) is 21.3. The summed E-state index contributed by atoms with van der Waals surface area (Å²) in [4.78, 5) is 11.0. The van der Waals surface area contributed by atoms with Crippen LogP contribution >= 0.6 is 0 Å².